The van der Waals surface area contributed by atoms with Crippen LogP contribution in [0.25, 0.3) is 11.0 Å². The topological polar surface area (TPSA) is 88.8 Å². The molecule has 0 saturated carbocycles. The Morgan fingerprint density at radius 1 is 1.29 bits per heavy atom. The van der Waals surface area contributed by atoms with Gasteiger partial charge >= 0.3 is 5.63 Å². The maximum Gasteiger partial charge on any atom is 0.336 e. The Morgan fingerprint density at radius 3 is 2.83 bits per heavy atom. The van der Waals surface area contributed by atoms with Crippen molar-refractivity contribution >= 4 is 45.9 Å². The Hall–Kier alpha value is -3.18. The number of carbonyl (C=O) groups excluding carboxylic acids is 2. The van der Waals surface area contributed by atoms with Crippen LogP contribution >= 0.6 is 23.1 Å². The molecule has 182 valence electrons. The van der Waals surface area contributed by atoms with Crippen molar-refractivity contribution in [1.82, 2.24) is 10.2 Å². The Labute approximate surface area is 206 Å². The van der Waals surface area contributed by atoms with Gasteiger partial charge in [0, 0.05) is 27.8 Å². The standard InChI is InChI=1S/C24H20F2N2O5S2/c1-11-6-18(30)33-21-15(11)8-16(25)22(19(21)26)32-9-13-10-35-24-20(23(31)28(24)12(13)2)27-17(29)7-14-4-3-5-34-14/h3-6,8,20,24H,7,9-10H2,1-2H3,(H,27,29). The minimum absolute atomic E-state index is 0.150. The summed E-state index contributed by atoms with van der Waals surface area (Å²) in [4.78, 5) is 39.2. The highest BCUT2D eigenvalue weighted by atomic mass is 32.2. The van der Waals surface area contributed by atoms with Crippen LogP contribution in [0.5, 0.6) is 5.75 Å². The number of aryl methyl sites for hydroxylation is 1. The lowest BCUT2D eigenvalue weighted by molar-refractivity contribution is -0.145. The molecule has 2 atom stereocenters. The number of ether oxygens (including phenoxy) is 1. The highest BCUT2D eigenvalue weighted by Gasteiger charge is 2.51. The molecule has 0 radical (unpaired) electrons. The number of amides is 2. The van der Waals surface area contributed by atoms with Crippen LogP contribution in [0.15, 0.2) is 50.1 Å². The van der Waals surface area contributed by atoms with Crippen LogP contribution in [0.3, 0.4) is 0 Å². The number of nitrogens with one attached hydrogen (secondary N) is 1. The first-order valence-corrected chi connectivity index (χ1v) is 12.7. The fraction of sp³-hybridized carbons (Fsp3) is 0.292. The zero-order valence-electron chi connectivity index (χ0n) is 18.7. The molecular formula is C24H20F2N2O5S2. The maximum atomic E-state index is 14.9. The Balaban J connectivity index is 1.29. The minimum Gasteiger partial charge on any atom is -0.483 e. The van der Waals surface area contributed by atoms with E-state index in [1.54, 1.807) is 18.7 Å². The zero-order chi connectivity index (χ0) is 24.9. The van der Waals surface area contributed by atoms with E-state index in [1.807, 2.05) is 17.5 Å². The average Bonchev–Trinajstić information content (AvgIpc) is 3.31. The van der Waals surface area contributed by atoms with Gasteiger partial charge in [-0.15, -0.1) is 23.1 Å². The first kappa shape index (κ1) is 23.6. The molecule has 1 N–H and O–H groups in total. The Bertz CT molecular complexity index is 1430. The SMILES string of the molecule is CC1=C(COc2c(F)cc3c(C)cc(=O)oc3c2F)CSC2C(NC(=O)Cc3cccs3)C(=O)N12. The van der Waals surface area contributed by atoms with Crippen molar-refractivity contribution in [3.05, 3.63) is 73.4 Å². The number of fused-ring (bicyclic) bond motifs is 2. The molecule has 2 aliphatic rings. The first-order valence-electron chi connectivity index (χ1n) is 10.7. The van der Waals surface area contributed by atoms with Crippen molar-refractivity contribution in [3.8, 4) is 5.75 Å². The van der Waals surface area contributed by atoms with Gasteiger partial charge in [-0.05, 0) is 42.5 Å². The fourth-order valence-corrected chi connectivity index (χ4v) is 6.34. The van der Waals surface area contributed by atoms with Crippen LogP contribution in [0.1, 0.15) is 17.4 Å². The molecule has 0 bridgehead atoms. The number of nitrogens with zero attached hydrogens (tertiary/aromatic N) is 1. The van der Waals surface area contributed by atoms with Gasteiger partial charge < -0.3 is 14.5 Å². The zero-order valence-corrected chi connectivity index (χ0v) is 20.4. The lowest BCUT2D eigenvalue weighted by Gasteiger charge is -2.50. The summed E-state index contributed by atoms with van der Waals surface area (Å²) in [5.41, 5.74) is 0.601. The van der Waals surface area contributed by atoms with E-state index in [0.29, 0.717) is 22.6 Å². The van der Waals surface area contributed by atoms with E-state index in [1.165, 1.54) is 23.1 Å². The second-order valence-corrected chi connectivity index (χ2v) is 10.5. The summed E-state index contributed by atoms with van der Waals surface area (Å²) in [6.45, 7) is 3.15. The van der Waals surface area contributed by atoms with Crippen molar-refractivity contribution in [1.29, 1.82) is 0 Å². The Kier molecular flexibility index (Phi) is 6.14. The van der Waals surface area contributed by atoms with E-state index in [2.05, 4.69) is 5.32 Å². The monoisotopic (exact) mass is 518 g/mol. The summed E-state index contributed by atoms with van der Waals surface area (Å²) < 4.78 is 40.0. The molecule has 4 heterocycles. The molecule has 2 unspecified atom stereocenters. The number of halogens is 2. The summed E-state index contributed by atoms with van der Waals surface area (Å²) in [5.74, 6) is -2.65. The van der Waals surface area contributed by atoms with Gasteiger partial charge in [-0.2, -0.15) is 4.39 Å². The number of thiophene rings is 1. The van der Waals surface area contributed by atoms with Gasteiger partial charge in [-0.25, -0.2) is 9.18 Å². The predicted molar refractivity (Wildman–Crippen MR) is 128 cm³/mol. The molecule has 11 heteroatoms. The molecule has 7 nitrogen and oxygen atoms in total. The second-order valence-electron chi connectivity index (χ2n) is 8.32. The van der Waals surface area contributed by atoms with Crippen molar-refractivity contribution in [3.63, 3.8) is 0 Å². The molecule has 5 rings (SSSR count). The number of benzene rings is 1. The molecule has 35 heavy (non-hydrogen) atoms. The number of β-lactam (4-membered cyclic amide) rings is 1. The summed E-state index contributed by atoms with van der Waals surface area (Å²) >= 11 is 2.92. The third-order valence-electron chi connectivity index (χ3n) is 6.06. The number of rotatable bonds is 6. The molecule has 1 saturated heterocycles. The highest BCUT2D eigenvalue weighted by molar-refractivity contribution is 8.00. The van der Waals surface area contributed by atoms with Crippen LogP contribution in [0.2, 0.25) is 0 Å². The minimum atomic E-state index is -1.09. The van der Waals surface area contributed by atoms with Crippen LogP contribution in [0, 0.1) is 18.6 Å². The molecule has 1 fully saturated rings. The number of allylic oxidation sites excluding steroid dienone is 1. The summed E-state index contributed by atoms with van der Waals surface area (Å²) in [7, 11) is 0. The van der Waals surface area contributed by atoms with Crippen molar-refractivity contribution in [2.75, 3.05) is 12.4 Å². The van der Waals surface area contributed by atoms with Crippen LogP contribution in [-0.4, -0.2) is 40.5 Å². The maximum absolute atomic E-state index is 14.9. The van der Waals surface area contributed by atoms with Gasteiger partial charge in [-0.1, -0.05) is 6.07 Å². The van der Waals surface area contributed by atoms with Crippen molar-refractivity contribution < 1.29 is 27.5 Å². The fourth-order valence-electron chi connectivity index (χ4n) is 4.18. The van der Waals surface area contributed by atoms with E-state index in [0.717, 1.165) is 17.0 Å². The molecule has 1 aromatic carbocycles. The average molecular weight is 519 g/mol. The third-order valence-corrected chi connectivity index (χ3v) is 8.28. The van der Waals surface area contributed by atoms with Crippen molar-refractivity contribution in [2.45, 2.75) is 31.7 Å². The summed E-state index contributed by atoms with van der Waals surface area (Å²) in [5, 5.41) is 4.60. The number of hydrogen-bond acceptors (Lipinski definition) is 7. The van der Waals surface area contributed by atoms with Crippen LogP contribution in [-0.2, 0) is 16.0 Å². The summed E-state index contributed by atoms with van der Waals surface area (Å²) in [6, 6.07) is 5.34. The molecule has 2 amide bonds. The van der Waals surface area contributed by atoms with Crippen LogP contribution in [0.4, 0.5) is 8.78 Å². The molecule has 3 aromatic rings. The smallest absolute Gasteiger partial charge is 0.336 e. The number of carbonyl (C=O) groups is 2. The van der Waals surface area contributed by atoms with E-state index >= 15 is 0 Å². The van der Waals surface area contributed by atoms with Crippen LogP contribution < -0.4 is 15.7 Å². The molecule has 2 aliphatic heterocycles. The lowest BCUT2D eigenvalue weighted by Crippen LogP contribution is -2.69. The summed E-state index contributed by atoms with van der Waals surface area (Å²) in [6.07, 6.45) is 0.218. The normalized spacial score (nSPS) is 19.5. The van der Waals surface area contributed by atoms with Crippen molar-refractivity contribution in [2.24, 2.45) is 0 Å². The second kappa shape index (κ2) is 9.12. The van der Waals surface area contributed by atoms with Gasteiger partial charge in [0.15, 0.2) is 17.1 Å². The van der Waals surface area contributed by atoms with E-state index in [-0.39, 0.29) is 41.2 Å². The molecule has 0 spiro atoms. The largest absolute Gasteiger partial charge is 0.483 e. The number of hydrogen-bond donors (Lipinski definition) is 1. The quantitative estimate of drug-likeness (QED) is 0.395. The Morgan fingerprint density at radius 2 is 2.09 bits per heavy atom. The highest BCUT2D eigenvalue weighted by Crippen LogP contribution is 2.40. The molecule has 2 aromatic heterocycles. The molecule has 0 aliphatic carbocycles. The first-order chi connectivity index (χ1) is 16.7. The van der Waals surface area contributed by atoms with Gasteiger partial charge in [0.1, 0.15) is 18.0 Å². The van der Waals surface area contributed by atoms with Gasteiger partial charge in [0.25, 0.3) is 5.91 Å². The van der Waals surface area contributed by atoms with Gasteiger partial charge in [-0.3, -0.25) is 14.5 Å². The number of thioether (sulfide) groups is 1. The van der Waals surface area contributed by atoms with Gasteiger partial charge in [0.05, 0.1) is 6.42 Å². The van der Waals surface area contributed by atoms with E-state index in [4.69, 9.17) is 9.15 Å². The molecular weight excluding hydrogens is 498 g/mol. The van der Waals surface area contributed by atoms with E-state index < -0.39 is 29.1 Å². The lowest BCUT2D eigenvalue weighted by atomic mass is 10.0. The third kappa shape index (κ3) is 4.23. The van der Waals surface area contributed by atoms with E-state index in [9.17, 15) is 23.2 Å². The predicted octanol–water partition coefficient (Wildman–Crippen LogP) is 3.74. The van der Waals surface area contributed by atoms with Gasteiger partial charge in [0.2, 0.25) is 11.7 Å².